The summed E-state index contributed by atoms with van der Waals surface area (Å²) in [6.45, 7) is 0. The Kier molecular flexibility index (Phi) is 3.29. The van der Waals surface area contributed by atoms with Gasteiger partial charge in [0.2, 0.25) is 0 Å². The van der Waals surface area contributed by atoms with E-state index in [1.54, 1.807) is 0 Å². The molecule has 3 nitrogen and oxygen atoms in total. The van der Waals surface area contributed by atoms with Crippen LogP contribution in [-0.4, -0.2) is 12.1 Å². The second-order valence-electron chi connectivity index (χ2n) is 4.29. The molecular formula is C12H17FN2O. The highest BCUT2D eigenvalue weighted by Crippen LogP contribution is 2.27. The van der Waals surface area contributed by atoms with Crippen molar-refractivity contribution in [3.05, 3.63) is 24.0 Å². The SMILES string of the molecule is Nc1ccc(F)cc1OC1CCCCC1N. The first-order valence-electron chi connectivity index (χ1n) is 5.64. The van der Waals surface area contributed by atoms with Crippen LogP contribution in [0, 0.1) is 5.82 Å². The zero-order valence-corrected chi connectivity index (χ0v) is 9.16. The summed E-state index contributed by atoms with van der Waals surface area (Å²) in [7, 11) is 0. The van der Waals surface area contributed by atoms with E-state index in [0.29, 0.717) is 11.4 Å². The molecule has 2 unspecified atom stereocenters. The lowest BCUT2D eigenvalue weighted by Crippen LogP contribution is -2.41. The summed E-state index contributed by atoms with van der Waals surface area (Å²) < 4.78 is 18.7. The minimum Gasteiger partial charge on any atom is -0.487 e. The summed E-state index contributed by atoms with van der Waals surface area (Å²) in [6, 6.07) is 4.18. The average molecular weight is 224 g/mol. The number of anilines is 1. The number of benzene rings is 1. The van der Waals surface area contributed by atoms with Gasteiger partial charge in [0, 0.05) is 12.1 Å². The molecule has 1 saturated carbocycles. The van der Waals surface area contributed by atoms with Crippen LogP contribution in [0.15, 0.2) is 18.2 Å². The Morgan fingerprint density at radius 3 is 2.75 bits per heavy atom. The number of nitrogen functional groups attached to an aromatic ring is 1. The molecule has 16 heavy (non-hydrogen) atoms. The highest BCUT2D eigenvalue weighted by Gasteiger charge is 2.24. The van der Waals surface area contributed by atoms with Gasteiger partial charge in [-0.25, -0.2) is 4.39 Å². The van der Waals surface area contributed by atoms with Crippen molar-refractivity contribution in [2.75, 3.05) is 5.73 Å². The molecule has 1 fully saturated rings. The van der Waals surface area contributed by atoms with E-state index >= 15 is 0 Å². The van der Waals surface area contributed by atoms with Gasteiger partial charge in [-0.15, -0.1) is 0 Å². The zero-order valence-electron chi connectivity index (χ0n) is 9.16. The Balaban J connectivity index is 2.10. The third-order valence-electron chi connectivity index (χ3n) is 3.01. The summed E-state index contributed by atoms with van der Waals surface area (Å²) in [4.78, 5) is 0. The maximum atomic E-state index is 13.0. The Labute approximate surface area is 94.6 Å². The van der Waals surface area contributed by atoms with Gasteiger partial charge in [-0.05, 0) is 31.4 Å². The maximum Gasteiger partial charge on any atom is 0.145 e. The lowest BCUT2D eigenvalue weighted by molar-refractivity contribution is 0.133. The average Bonchev–Trinajstić information content (AvgIpc) is 2.27. The van der Waals surface area contributed by atoms with Gasteiger partial charge >= 0.3 is 0 Å². The fourth-order valence-corrected chi connectivity index (χ4v) is 2.05. The molecule has 0 aliphatic heterocycles. The molecule has 0 saturated heterocycles. The van der Waals surface area contributed by atoms with Gasteiger partial charge in [0.05, 0.1) is 5.69 Å². The first-order chi connectivity index (χ1) is 7.66. The van der Waals surface area contributed by atoms with E-state index in [4.69, 9.17) is 16.2 Å². The lowest BCUT2D eigenvalue weighted by atomic mass is 9.93. The molecule has 0 amide bonds. The first-order valence-corrected chi connectivity index (χ1v) is 5.64. The van der Waals surface area contributed by atoms with Crippen LogP contribution in [0.5, 0.6) is 5.75 Å². The van der Waals surface area contributed by atoms with Gasteiger partial charge in [-0.1, -0.05) is 6.42 Å². The first kappa shape index (κ1) is 11.2. The predicted octanol–water partition coefficient (Wildman–Crippen LogP) is 2.06. The predicted molar refractivity (Wildman–Crippen MR) is 61.7 cm³/mol. The minimum absolute atomic E-state index is 0.0245. The van der Waals surface area contributed by atoms with Gasteiger partial charge in [-0.3, -0.25) is 0 Å². The molecule has 0 radical (unpaired) electrons. The molecule has 2 atom stereocenters. The molecule has 1 aliphatic carbocycles. The van der Waals surface area contributed by atoms with Crippen molar-refractivity contribution in [3.63, 3.8) is 0 Å². The third kappa shape index (κ3) is 2.44. The fraction of sp³-hybridized carbons (Fsp3) is 0.500. The molecule has 1 aliphatic rings. The molecule has 0 bridgehead atoms. The van der Waals surface area contributed by atoms with Crippen LogP contribution in [0.25, 0.3) is 0 Å². The number of hydrogen-bond acceptors (Lipinski definition) is 3. The quantitative estimate of drug-likeness (QED) is 0.756. The molecule has 1 aromatic carbocycles. The van der Waals surface area contributed by atoms with Crippen LogP contribution in [0.4, 0.5) is 10.1 Å². The van der Waals surface area contributed by atoms with Crippen molar-refractivity contribution in [3.8, 4) is 5.75 Å². The van der Waals surface area contributed by atoms with Crippen LogP contribution in [-0.2, 0) is 0 Å². The number of ether oxygens (including phenoxy) is 1. The third-order valence-corrected chi connectivity index (χ3v) is 3.01. The van der Waals surface area contributed by atoms with Crippen LogP contribution >= 0.6 is 0 Å². The Morgan fingerprint density at radius 2 is 2.00 bits per heavy atom. The van der Waals surface area contributed by atoms with E-state index in [2.05, 4.69) is 0 Å². The summed E-state index contributed by atoms with van der Waals surface area (Å²) in [5, 5.41) is 0. The lowest BCUT2D eigenvalue weighted by Gasteiger charge is -2.29. The molecule has 0 spiro atoms. The van der Waals surface area contributed by atoms with Crippen molar-refractivity contribution in [2.24, 2.45) is 5.73 Å². The summed E-state index contributed by atoms with van der Waals surface area (Å²) in [6.07, 6.45) is 4.07. The smallest absolute Gasteiger partial charge is 0.145 e. The van der Waals surface area contributed by atoms with Gasteiger partial charge in [0.25, 0.3) is 0 Å². The van der Waals surface area contributed by atoms with Crippen molar-refractivity contribution >= 4 is 5.69 Å². The molecule has 88 valence electrons. The summed E-state index contributed by atoms with van der Waals surface area (Å²) >= 11 is 0. The standard InChI is InChI=1S/C12H17FN2O/c13-8-5-6-10(15)12(7-8)16-11-4-2-1-3-9(11)14/h5-7,9,11H,1-4,14-15H2. The highest BCUT2D eigenvalue weighted by atomic mass is 19.1. The summed E-state index contributed by atoms with van der Waals surface area (Å²) in [5.74, 6) is 0.0657. The van der Waals surface area contributed by atoms with Gasteiger partial charge in [0.1, 0.15) is 17.7 Å². The van der Waals surface area contributed by atoms with Gasteiger partial charge < -0.3 is 16.2 Å². The van der Waals surface area contributed by atoms with Crippen LogP contribution in [0.2, 0.25) is 0 Å². The van der Waals surface area contributed by atoms with Gasteiger partial charge in [0.15, 0.2) is 0 Å². The van der Waals surface area contributed by atoms with Gasteiger partial charge in [-0.2, -0.15) is 0 Å². The monoisotopic (exact) mass is 224 g/mol. The zero-order chi connectivity index (χ0) is 11.5. The van der Waals surface area contributed by atoms with Crippen molar-refractivity contribution < 1.29 is 9.13 Å². The number of nitrogens with two attached hydrogens (primary N) is 2. The molecular weight excluding hydrogens is 207 g/mol. The molecule has 0 heterocycles. The van der Waals surface area contributed by atoms with E-state index in [0.717, 1.165) is 25.7 Å². The van der Waals surface area contributed by atoms with Crippen molar-refractivity contribution in [1.82, 2.24) is 0 Å². The number of hydrogen-bond donors (Lipinski definition) is 2. The maximum absolute atomic E-state index is 13.0. The normalized spacial score (nSPS) is 25.4. The van der Waals surface area contributed by atoms with Crippen LogP contribution in [0.3, 0.4) is 0 Å². The Bertz CT molecular complexity index is 370. The highest BCUT2D eigenvalue weighted by molar-refractivity contribution is 5.52. The van der Waals surface area contributed by atoms with Crippen LogP contribution < -0.4 is 16.2 Å². The fourth-order valence-electron chi connectivity index (χ4n) is 2.05. The Morgan fingerprint density at radius 1 is 1.25 bits per heavy atom. The summed E-state index contributed by atoms with van der Waals surface area (Å²) in [5.41, 5.74) is 12.1. The molecule has 0 aromatic heterocycles. The molecule has 4 heteroatoms. The number of rotatable bonds is 2. The van der Waals surface area contributed by atoms with E-state index in [1.807, 2.05) is 0 Å². The Hall–Kier alpha value is -1.29. The minimum atomic E-state index is -0.339. The van der Waals surface area contributed by atoms with Crippen molar-refractivity contribution in [1.29, 1.82) is 0 Å². The molecule has 2 rings (SSSR count). The largest absolute Gasteiger partial charge is 0.487 e. The van der Waals surface area contributed by atoms with E-state index in [9.17, 15) is 4.39 Å². The van der Waals surface area contributed by atoms with Crippen LogP contribution in [0.1, 0.15) is 25.7 Å². The second kappa shape index (κ2) is 4.70. The number of halogens is 1. The van der Waals surface area contributed by atoms with E-state index < -0.39 is 0 Å². The second-order valence-corrected chi connectivity index (χ2v) is 4.29. The van der Waals surface area contributed by atoms with E-state index in [1.165, 1.54) is 18.2 Å². The molecule has 4 N–H and O–H groups in total. The van der Waals surface area contributed by atoms with E-state index in [-0.39, 0.29) is 18.0 Å². The van der Waals surface area contributed by atoms with Crippen molar-refractivity contribution in [2.45, 2.75) is 37.8 Å². The molecule has 1 aromatic rings. The topological polar surface area (TPSA) is 61.3 Å².